The summed E-state index contributed by atoms with van der Waals surface area (Å²) in [6.07, 6.45) is 0. The highest BCUT2D eigenvalue weighted by atomic mass is 32.2. The van der Waals surface area contributed by atoms with Crippen LogP contribution in [0.2, 0.25) is 0 Å². The van der Waals surface area contributed by atoms with E-state index in [1.54, 1.807) is 12.1 Å². The summed E-state index contributed by atoms with van der Waals surface area (Å²) in [5, 5.41) is 0.615. The summed E-state index contributed by atoms with van der Waals surface area (Å²) in [5.74, 6) is -0.452. The van der Waals surface area contributed by atoms with Gasteiger partial charge in [-0.3, -0.25) is 0 Å². The van der Waals surface area contributed by atoms with Gasteiger partial charge in [-0.1, -0.05) is 6.07 Å². The Kier molecular flexibility index (Phi) is 4.47. The zero-order valence-electron chi connectivity index (χ0n) is 12.4. The molecule has 21 heavy (non-hydrogen) atoms. The van der Waals surface area contributed by atoms with Crippen molar-refractivity contribution in [2.24, 2.45) is 0 Å². The summed E-state index contributed by atoms with van der Waals surface area (Å²) in [7, 11) is 1.33. The molecule has 2 N–H and O–H groups in total. The van der Waals surface area contributed by atoms with Gasteiger partial charge in [-0.05, 0) is 50.2 Å². The van der Waals surface area contributed by atoms with Crippen LogP contribution < -0.4 is 5.73 Å². The lowest BCUT2D eigenvalue weighted by molar-refractivity contribution is 0.0601. The molecule has 0 saturated heterocycles. The number of benzene rings is 1. The number of ether oxygens (including phenoxy) is 1. The predicted molar refractivity (Wildman–Crippen MR) is 82.6 cm³/mol. The van der Waals surface area contributed by atoms with E-state index in [9.17, 15) is 4.79 Å². The van der Waals surface area contributed by atoms with Gasteiger partial charge in [-0.2, -0.15) is 0 Å². The van der Waals surface area contributed by atoms with E-state index in [1.165, 1.54) is 18.9 Å². The Bertz CT molecular complexity index is 678. The third-order valence-corrected chi connectivity index (χ3v) is 4.23. The fourth-order valence-electron chi connectivity index (χ4n) is 1.81. The number of para-hydroxylation sites is 1. The van der Waals surface area contributed by atoms with E-state index >= 15 is 0 Å². The molecule has 0 aliphatic rings. The zero-order chi connectivity index (χ0) is 15.6. The van der Waals surface area contributed by atoms with E-state index in [1.807, 2.05) is 26.8 Å². The van der Waals surface area contributed by atoms with Crippen molar-refractivity contribution in [2.45, 2.75) is 30.8 Å². The summed E-state index contributed by atoms with van der Waals surface area (Å²) >= 11 is 1.34. The molecule has 0 radical (unpaired) electrons. The minimum atomic E-state index is -0.452. The number of carbonyl (C=O) groups is 1. The van der Waals surface area contributed by atoms with Crippen LogP contribution in [0.5, 0.6) is 0 Å². The molecule has 6 heteroatoms. The summed E-state index contributed by atoms with van der Waals surface area (Å²) in [4.78, 5) is 21.3. The van der Waals surface area contributed by atoms with Crippen LogP contribution >= 0.6 is 11.8 Å². The molecule has 2 rings (SSSR count). The standard InChI is InChI=1S/C15H17N3O2S/c1-8-9(2)17-15(18-10(8)3)21-12-7-5-6-11(13(12)16)14(19)20-4/h5-7H,16H2,1-4H3. The molecular formula is C15H17N3O2S. The van der Waals surface area contributed by atoms with E-state index in [-0.39, 0.29) is 0 Å². The molecule has 0 aliphatic carbocycles. The summed E-state index contributed by atoms with van der Waals surface area (Å²) in [5.41, 5.74) is 9.72. The average molecular weight is 303 g/mol. The Morgan fingerprint density at radius 2 is 1.81 bits per heavy atom. The number of nitrogen functional groups attached to an aromatic ring is 1. The largest absolute Gasteiger partial charge is 0.465 e. The number of methoxy groups -OCH3 is 1. The van der Waals surface area contributed by atoms with E-state index in [2.05, 4.69) is 9.97 Å². The Labute approximate surface area is 127 Å². The van der Waals surface area contributed by atoms with Gasteiger partial charge in [0.05, 0.1) is 18.4 Å². The van der Waals surface area contributed by atoms with Crippen LogP contribution in [0, 0.1) is 20.8 Å². The molecule has 0 atom stereocenters. The van der Waals surface area contributed by atoms with Gasteiger partial charge >= 0.3 is 5.97 Å². The zero-order valence-corrected chi connectivity index (χ0v) is 13.2. The Balaban J connectivity index is 2.38. The van der Waals surface area contributed by atoms with Crippen molar-refractivity contribution >= 4 is 23.4 Å². The van der Waals surface area contributed by atoms with Crippen LogP contribution in [0.15, 0.2) is 28.3 Å². The van der Waals surface area contributed by atoms with Crippen LogP contribution in [0.25, 0.3) is 0 Å². The quantitative estimate of drug-likeness (QED) is 0.533. The van der Waals surface area contributed by atoms with Crippen molar-refractivity contribution in [3.63, 3.8) is 0 Å². The Morgan fingerprint density at radius 1 is 1.19 bits per heavy atom. The first-order valence-corrected chi connectivity index (χ1v) is 7.22. The fourth-order valence-corrected chi connectivity index (χ4v) is 2.73. The van der Waals surface area contributed by atoms with Crippen molar-refractivity contribution in [1.82, 2.24) is 9.97 Å². The highest BCUT2D eigenvalue weighted by Gasteiger charge is 2.15. The van der Waals surface area contributed by atoms with E-state index in [0.29, 0.717) is 16.4 Å². The number of hydrogen-bond donors (Lipinski definition) is 1. The number of anilines is 1. The van der Waals surface area contributed by atoms with Crippen LogP contribution in [-0.4, -0.2) is 23.0 Å². The molecule has 0 unspecified atom stereocenters. The van der Waals surface area contributed by atoms with Gasteiger partial charge in [0.25, 0.3) is 0 Å². The Hall–Kier alpha value is -2.08. The lowest BCUT2D eigenvalue weighted by atomic mass is 10.2. The fraction of sp³-hybridized carbons (Fsp3) is 0.267. The topological polar surface area (TPSA) is 78.1 Å². The Morgan fingerprint density at radius 3 is 2.38 bits per heavy atom. The maximum Gasteiger partial charge on any atom is 0.339 e. The number of hydrogen-bond acceptors (Lipinski definition) is 6. The molecule has 0 amide bonds. The SMILES string of the molecule is COC(=O)c1cccc(Sc2nc(C)c(C)c(C)n2)c1N. The van der Waals surface area contributed by atoms with Crippen molar-refractivity contribution in [3.8, 4) is 0 Å². The van der Waals surface area contributed by atoms with Gasteiger partial charge in [0.1, 0.15) is 0 Å². The van der Waals surface area contributed by atoms with Crippen molar-refractivity contribution in [3.05, 3.63) is 40.7 Å². The minimum Gasteiger partial charge on any atom is -0.465 e. The molecule has 0 saturated carbocycles. The van der Waals surface area contributed by atoms with Gasteiger partial charge in [0.2, 0.25) is 0 Å². The molecular weight excluding hydrogens is 286 g/mol. The third kappa shape index (κ3) is 3.16. The smallest absolute Gasteiger partial charge is 0.339 e. The molecule has 5 nitrogen and oxygen atoms in total. The van der Waals surface area contributed by atoms with E-state index in [4.69, 9.17) is 10.5 Å². The molecule has 1 aromatic heterocycles. The summed E-state index contributed by atoms with van der Waals surface area (Å²) < 4.78 is 4.72. The minimum absolute atomic E-state index is 0.350. The number of carbonyl (C=O) groups excluding carboxylic acids is 1. The monoisotopic (exact) mass is 303 g/mol. The van der Waals surface area contributed by atoms with Crippen LogP contribution in [0.4, 0.5) is 5.69 Å². The van der Waals surface area contributed by atoms with Crippen molar-refractivity contribution in [2.75, 3.05) is 12.8 Å². The first kappa shape index (κ1) is 15.3. The van der Waals surface area contributed by atoms with Gasteiger partial charge < -0.3 is 10.5 Å². The first-order valence-electron chi connectivity index (χ1n) is 6.40. The lowest BCUT2D eigenvalue weighted by Gasteiger charge is -2.10. The molecule has 0 fully saturated rings. The van der Waals surface area contributed by atoms with Crippen molar-refractivity contribution in [1.29, 1.82) is 0 Å². The number of aryl methyl sites for hydroxylation is 2. The second kappa shape index (κ2) is 6.13. The van der Waals surface area contributed by atoms with E-state index < -0.39 is 5.97 Å². The predicted octanol–water partition coefficient (Wildman–Crippen LogP) is 2.92. The van der Waals surface area contributed by atoms with Crippen LogP contribution in [-0.2, 0) is 4.74 Å². The molecule has 0 bridgehead atoms. The van der Waals surface area contributed by atoms with Crippen LogP contribution in [0.1, 0.15) is 27.3 Å². The van der Waals surface area contributed by atoms with Gasteiger partial charge in [-0.15, -0.1) is 0 Å². The molecule has 2 aromatic rings. The second-order valence-corrected chi connectivity index (χ2v) is 5.62. The number of nitrogens with zero attached hydrogens (tertiary/aromatic N) is 2. The molecule has 0 spiro atoms. The summed E-state index contributed by atoms with van der Waals surface area (Å²) in [6.45, 7) is 5.88. The molecule has 1 heterocycles. The highest BCUT2D eigenvalue weighted by molar-refractivity contribution is 7.99. The average Bonchev–Trinajstić information content (AvgIpc) is 2.46. The van der Waals surface area contributed by atoms with Gasteiger partial charge in [0.15, 0.2) is 5.16 Å². The maximum atomic E-state index is 11.6. The normalized spacial score (nSPS) is 10.5. The molecule has 1 aromatic carbocycles. The number of esters is 1. The number of aromatic nitrogens is 2. The lowest BCUT2D eigenvalue weighted by Crippen LogP contribution is -2.06. The number of nitrogens with two attached hydrogens (primary N) is 1. The summed E-state index contributed by atoms with van der Waals surface area (Å²) in [6, 6.07) is 5.23. The molecule has 110 valence electrons. The highest BCUT2D eigenvalue weighted by Crippen LogP contribution is 2.32. The van der Waals surface area contributed by atoms with Gasteiger partial charge in [-0.25, -0.2) is 14.8 Å². The second-order valence-electron chi connectivity index (χ2n) is 4.61. The maximum absolute atomic E-state index is 11.6. The van der Waals surface area contributed by atoms with Crippen molar-refractivity contribution < 1.29 is 9.53 Å². The number of rotatable bonds is 3. The van der Waals surface area contributed by atoms with Crippen LogP contribution in [0.3, 0.4) is 0 Å². The van der Waals surface area contributed by atoms with Gasteiger partial charge in [0, 0.05) is 16.3 Å². The van der Waals surface area contributed by atoms with E-state index in [0.717, 1.165) is 21.8 Å². The molecule has 0 aliphatic heterocycles. The third-order valence-electron chi connectivity index (χ3n) is 3.28. The first-order chi connectivity index (χ1) is 9.93.